The van der Waals surface area contributed by atoms with Crippen molar-refractivity contribution in [3.63, 3.8) is 0 Å². The summed E-state index contributed by atoms with van der Waals surface area (Å²) in [5, 5.41) is 30.2. The first-order chi connectivity index (χ1) is 10.2. The Balaban J connectivity index is 2.05. The van der Waals surface area contributed by atoms with Crippen LogP contribution in [0.2, 0.25) is 0 Å². The van der Waals surface area contributed by atoms with Gasteiger partial charge in [0.05, 0.1) is 11.7 Å². The van der Waals surface area contributed by atoms with Gasteiger partial charge in [-0.15, -0.1) is 0 Å². The Morgan fingerprint density at radius 3 is 2.50 bits per heavy atom. The van der Waals surface area contributed by atoms with Crippen molar-refractivity contribution in [2.24, 2.45) is 29.1 Å². The van der Waals surface area contributed by atoms with Gasteiger partial charge in [-0.25, -0.2) is 0 Å². The van der Waals surface area contributed by atoms with Crippen LogP contribution in [0.15, 0.2) is 0 Å². The molecular weight excluding hydrogens is 276 g/mol. The summed E-state index contributed by atoms with van der Waals surface area (Å²) >= 11 is 0. The Labute approximate surface area is 136 Å². The Morgan fingerprint density at radius 1 is 1.23 bits per heavy atom. The number of aliphatic hydroxyl groups excluding tert-OH is 2. The predicted molar refractivity (Wildman–Crippen MR) is 89.5 cm³/mol. The molecule has 0 aromatic heterocycles. The Hall–Kier alpha value is -0.120. The van der Waals surface area contributed by atoms with Gasteiger partial charge in [-0.2, -0.15) is 0 Å². The number of aliphatic hydroxyl groups is 3. The molecule has 3 heteroatoms. The zero-order valence-corrected chi connectivity index (χ0v) is 14.9. The first kappa shape index (κ1) is 18.2. The maximum atomic E-state index is 10.4. The van der Waals surface area contributed by atoms with Crippen LogP contribution in [0.1, 0.15) is 72.6 Å². The second kappa shape index (κ2) is 6.78. The van der Waals surface area contributed by atoms with E-state index in [9.17, 15) is 15.3 Å². The molecule has 0 heterocycles. The van der Waals surface area contributed by atoms with E-state index in [4.69, 9.17) is 0 Å². The fraction of sp³-hybridized carbons (Fsp3) is 1.00. The molecule has 6 atom stereocenters. The highest BCUT2D eigenvalue weighted by molar-refractivity contribution is 5.02. The highest BCUT2D eigenvalue weighted by Crippen LogP contribution is 2.58. The molecule has 0 bridgehead atoms. The fourth-order valence-corrected chi connectivity index (χ4v) is 5.44. The van der Waals surface area contributed by atoms with Crippen LogP contribution in [0, 0.1) is 29.1 Å². The lowest BCUT2D eigenvalue weighted by atomic mass is 9.60. The molecule has 2 fully saturated rings. The standard InChI is InChI=1S/C19H36O3/c1-13(14(12-20)9-11-18(2,3)22)15-7-8-16-17(21)6-5-10-19(15,16)4/h13-17,20-22H,5-12H2,1-4H3/t13-,14+,15-,16+,17+,19-/m1/s1. The molecule has 0 saturated heterocycles. The van der Waals surface area contributed by atoms with E-state index in [0.29, 0.717) is 17.8 Å². The summed E-state index contributed by atoms with van der Waals surface area (Å²) in [7, 11) is 0. The van der Waals surface area contributed by atoms with Crippen molar-refractivity contribution in [3.8, 4) is 0 Å². The van der Waals surface area contributed by atoms with Gasteiger partial charge in [-0.1, -0.05) is 20.3 Å². The van der Waals surface area contributed by atoms with E-state index >= 15 is 0 Å². The van der Waals surface area contributed by atoms with E-state index in [-0.39, 0.29) is 24.0 Å². The molecule has 2 saturated carbocycles. The van der Waals surface area contributed by atoms with Crippen LogP contribution in [0.3, 0.4) is 0 Å². The molecule has 2 rings (SSSR count). The van der Waals surface area contributed by atoms with Gasteiger partial charge in [-0.3, -0.25) is 0 Å². The van der Waals surface area contributed by atoms with Crippen molar-refractivity contribution in [1.82, 2.24) is 0 Å². The maximum absolute atomic E-state index is 10.4. The zero-order valence-electron chi connectivity index (χ0n) is 14.9. The van der Waals surface area contributed by atoms with Gasteiger partial charge >= 0.3 is 0 Å². The lowest BCUT2D eigenvalue weighted by Gasteiger charge is -2.46. The average molecular weight is 312 g/mol. The van der Waals surface area contributed by atoms with Crippen LogP contribution in [0.25, 0.3) is 0 Å². The minimum absolute atomic E-state index is 0.125. The van der Waals surface area contributed by atoms with Gasteiger partial charge in [0.1, 0.15) is 0 Å². The summed E-state index contributed by atoms with van der Waals surface area (Å²) < 4.78 is 0. The largest absolute Gasteiger partial charge is 0.396 e. The highest BCUT2D eigenvalue weighted by Gasteiger charge is 2.53. The topological polar surface area (TPSA) is 60.7 Å². The molecule has 0 spiro atoms. The van der Waals surface area contributed by atoms with E-state index in [1.54, 1.807) is 0 Å². The molecule has 2 aliphatic carbocycles. The number of fused-ring (bicyclic) bond motifs is 1. The lowest BCUT2D eigenvalue weighted by molar-refractivity contribution is -0.0385. The van der Waals surface area contributed by atoms with Crippen molar-refractivity contribution in [3.05, 3.63) is 0 Å². The molecule has 22 heavy (non-hydrogen) atoms. The third kappa shape index (κ3) is 3.68. The highest BCUT2D eigenvalue weighted by atomic mass is 16.3. The van der Waals surface area contributed by atoms with Crippen LogP contribution in [-0.4, -0.2) is 33.6 Å². The van der Waals surface area contributed by atoms with Crippen molar-refractivity contribution in [1.29, 1.82) is 0 Å². The molecule has 3 nitrogen and oxygen atoms in total. The van der Waals surface area contributed by atoms with E-state index in [0.717, 1.165) is 32.1 Å². The Kier molecular flexibility index (Phi) is 5.62. The normalized spacial score (nSPS) is 38.6. The van der Waals surface area contributed by atoms with Crippen LogP contribution in [0.4, 0.5) is 0 Å². The molecule has 3 N–H and O–H groups in total. The van der Waals surface area contributed by atoms with E-state index in [1.807, 2.05) is 13.8 Å². The molecule has 0 aliphatic heterocycles. The summed E-state index contributed by atoms with van der Waals surface area (Å²) in [6, 6.07) is 0. The van der Waals surface area contributed by atoms with Crippen LogP contribution in [-0.2, 0) is 0 Å². The number of hydrogen-bond donors (Lipinski definition) is 3. The van der Waals surface area contributed by atoms with Gasteiger partial charge in [-0.05, 0) is 81.5 Å². The first-order valence-electron chi connectivity index (χ1n) is 9.20. The first-order valence-corrected chi connectivity index (χ1v) is 9.20. The second-order valence-corrected chi connectivity index (χ2v) is 8.91. The number of rotatable bonds is 6. The smallest absolute Gasteiger partial charge is 0.0591 e. The van der Waals surface area contributed by atoms with Crippen LogP contribution >= 0.6 is 0 Å². The van der Waals surface area contributed by atoms with Crippen molar-refractivity contribution in [2.45, 2.75) is 84.3 Å². The van der Waals surface area contributed by atoms with E-state index < -0.39 is 5.60 Å². The van der Waals surface area contributed by atoms with Gasteiger partial charge in [0.25, 0.3) is 0 Å². The summed E-state index contributed by atoms with van der Waals surface area (Å²) in [5.41, 5.74) is -0.421. The third-order valence-corrected chi connectivity index (χ3v) is 6.90. The number of hydrogen-bond acceptors (Lipinski definition) is 3. The molecule has 0 radical (unpaired) electrons. The second-order valence-electron chi connectivity index (χ2n) is 8.91. The summed E-state index contributed by atoms with van der Waals surface area (Å²) in [5.74, 6) is 1.74. The van der Waals surface area contributed by atoms with E-state index in [2.05, 4.69) is 13.8 Å². The van der Waals surface area contributed by atoms with Crippen molar-refractivity contribution in [2.75, 3.05) is 6.61 Å². The monoisotopic (exact) mass is 312 g/mol. The SMILES string of the molecule is C[C@H]([C@H](CO)CCC(C)(C)O)[C@H]1CC[C@H]2[C@@H](O)CCC[C@]12C. The quantitative estimate of drug-likeness (QED) is 0.705. The molecule has 130 valence electrons. The molecule has 0 aromatic carbocycles. The van der Waals surface area contributed by atoms with Gasteiger partial charge in [0.15, 0.2) is 0 Å². The summed E-state index contributed by atoms with van der Waals surface area (Å²) in [4.78, 5) is 0. The average Bonchev–Trinajstić information content (AvgIpc) is 2.76. The maximum Gasteiger partial charge on any atom is 0.0591 e. The minimum atomic E-state index is -0.656. The molecule has 0 amide bonds. The van der Waals surface area contributed by atoms with Crippen molar-refractivity contribution < 1.29 is 15.3 Å². The molecular formula is C19H36O3. The zero-order chi connectivity index (χ0) is 16.5. The minimum Gasteiger partial charge on any atom is -0.396 e. The van der Waals surface area contributed by atoms with E-state index in [1.165, 1.54) is 12.8 Å². The lowest BCUT2D eigenvalue weighted by Crippen LogP contribution is -2.43. The van der Waals surface area contributed by atoms with Crippen molar-refractivity contribution >= 4 is 0 Å². The van der Waals surface area contributed by atoms with Crippen LogP contribution in [0.5, 0.6) is 0 Å². The summed E-state index contributed by atoms with van der Waals surface area (Å²) in [6.45, 7) is 8.55. The third-order valence-electron chi connectivity index (χ3n) is 6.90. The molecule has 2 aliphatic rings. The Bertz CT molecular complexity index is 362. The van der Waals surface area contributed by atoms with Crippen LogP contribution < -0.4 is 0 Å². The molecule has 0 aromatic rings. The van der Waals surface area contributed by atoms with Gasteiger partial charge in [0, 0.05) is 6.61 Å². The van der Waals surface area contributed by atoms with Gasteiger partial charge in [0.2, 0.25) is 0 Å². The Morgan fingerprint density at radius 2 is 1.91 bits per heavy atom. The fourth-order valence-electron chi connectivity index (χ4n) is 5.44. The van der Waals surface area contributed by atoms with Gasteiger partial charge < -0.3 is 15.3 Å². The molecule has 0 unspecified atom stereocenters. The summed E-state index contributed by atoms with van der Waals surface area (Å²) in [6.07, 6.45) is 7.11. The predicted octanol–water partition coefficient (Wildman–Crippen LogP) is 3.36.